The van der Waals surface area contributed by atoms with Crippen LogP contribution in [0.5, 0.6) is 0 Å². The third-order valence-electron chi connectivity index (χ3n) is 2.42. The summed E-state index contributed by atoms with van der Waals surface area (Å²) in [6.07, 6.45) is 0. The topological polar surface area (TPSA) is 74.8 Å². The number of ether oxygens (including phenoxy) is 1. The van der Waals surface area contributed by atoms with E-state index in [9.17, 15) is 4.79 Å². The lowest BCUT2D eigenvalue weighted by Crippen LogP contribution is -2.41. The Kier molecular flexibility index (Phi) is 12.3. The normalized spacial score (nSPS) is 11.5. The van der Waals surface area contributed by atoms with E-state index in [1.54, 1.807) is 14.2 Å². The fourth-order valence-corrected chi connectivity index (χ4v) is 1.30. The maximum absolute atomic E-state index is 11.6. The molecule has 0 unspecified atom stereocenters. The average molecular weight is 386 g/mol. The zero-order valence-corrected chi connectivity index (χ0v) is 14.8. The van der Waals surface area contributed by atoms with Crippen molar-refractivity contribution in [3.8, 4) is 0 Å². The monoisotopic (exact) mass is 386 g/mol. The van der Waals surface area contributed by atoms with E-state index in [4.69, 9.17) is 4.74 Å². The van der Waals surface area contributed by atoms with Crippen LogP contribution in [0.25, 0.3) is 0 Å². The second-order valence-electron chi connectivity index (χ2n) is 4.58. The first kappa shape index (κ1) is 20.7. The van der Waals surface area contributed by atoms with Crippen molar-refractivity contribution >= 4 is 35.8 Å². The number of hydrogen-bond acceptors (Lipinski definition) is 3. The molecule has 0 saturated carbocycles. The first-order chi connectivity index (χ1) is 8.47. The van der Waals surface area contributed by atoms with E-state index >= 15 is 0 Å². The minimum absolute atomic E-state index is 0. The van der Waals surface area contributed by atoms with Crippen molar-refractivity contribution in [3.05, 3.63) is 0 Å². The fraction of sp³-hybridized carbons (Fsp3) is 0.833. The molecular formula is C12H27IN4O2. The van der Waals surface area contributed by atoms with Gasteiger partial charge in [0.2, 0.25) is 5.91 Å². The molecular weight excluding hydrogens is 359 g/mol. The molecule has 6 nitrogen and oxygen atoms in total. The van der Waals surface area contributed by atoms with Crippen LogP contribution in [0.3, 0.4) is 0 Å². The fourth-order valence-electron chi connectivity index (χ4n) is 1.30. The second kappa shape index (κ2) is 11.3. The average Bonchev–Trinajstić information content (AvgIpc) is 2.35. The molecule has 1 amide bonds. The van der Waals surface area contributed by atoms with E-state index in [2.05, 4.69) is 20.9 Å². The summed E-state index contributed by atoms with van der Waals surface area (Å²) < 4.78 is 4.96. The van der Waals surface area contributed by atoms with Crippen LogP contribution in [0.2, 0.25) is 0 Å². The van der Waals surface area contributed by atoms with Crippen LogP contribution < -0.4 is 16.0 Å². The lowest BCUT2D eigenvalue weighted by atomic mass is 9.93. The SMILES string of the molecule is CCNC(=NCC(C)(C)C(=O)NC)NCCOC.I. The van der Waals surface area contributed by atoms with Crippen molar-refractivity contribution in [1.29, 1.82) is 0 Å². The van der Waals surface area contributed by atoms with Gasteiger partial charge in [-0.15, -0.1) is 24.0 Å². The standard InChI is InChI=1S/C12H26N4O2.HI/c1-6-14-11(15-7-8-18-5)16-9-12(2,3)10(17)13-4;/h6-9H2,1-5H3,(H,13,17)(H2,14,15,16);1H. The minimum atomic E-state index is -0.516. The molecule has 0 bridgehead atoms. The molecule has 0 aromatic heterocycles. The molecule has 19 heavy (non-hydrogen) atoms. The van der Waals surface area contributed by atoms with Crippen LogP contribution in [0.4, 0.5) is 0 Å². The molecule has 0 spiro atoms. The maximum Gasteiger partial charge on any atom is 0.227 e. The number of halogens is 1. The van der Waals surface area contributed by atoms with Crippen molar-refractivity contribution < 1.29 is 9.53 Å². The first-order valence-corrected chi connectivity index (χ1v) is 6.21. The van der Waals surface area contributed by atoms with Gasteiger partial charge in [0.05, 0.1) is 18.6 Å². The predicted octanol–water partition coefficient (Wildman–Crippen LogP) is 0.578. The highest BCUT2D eigenvalue weighted by Crippen LogP contribution is 2.14. The Morgan fingerprint density at radius 3 is 2.42 bits per heavy atom. The number of methoxy groups -OCH3 is 1. The maximum atomic E-state index is 11.6. The molecule has 0 aromatic carbocycles. The summed E-state index contributed by atoms with van der Waals surface area (Å²) in [6.45, 7) is 8.24. The first-order valence-electron chi connectivity index (χ1n) is 6.21. The van der Waals surface area contributed by atoms with Gasteiger partial charge < -0.3 is 20.7 Å². The summed E-state index contributed by atoms with van der Waals surface area (Å²) in [5, 5.41) is 8.90. The van der Waals surface area contributed by atoms with Gasteiger partial charge in [0.25, 0.3) is 0 Å². The number of carbonyl (C=O) groups is 1. The largest absolute Gasteiger partial charge is 0.383 e. The van der Waals surface area contributed by atoms with Crippen LogP contribution in [0, 0.1) is 5.41 Å². The van der Waals surface area contributed by atoms with E-state index in [-0.39, 0.29) is 29.9 Å². The van der Waals surface area contributed by atoms with Crippen molar-refractivity contribution in [3.63, 3.8) is 0 Å². The summed E-state index contributed by atoms with van der Waals surface area (Å²) in [6, 6.07) is 0. The Labute approximate surface area is 133 Å². The van der Waals surface area contributed by atoms with Crippen molar-refractivity contribution in [2.24, 2.45) is 10.4 Å². The number of rotatable bonds is 7. The Bertz CT molecular complexity index is 283. The molecule has 114 valence electrons. The van der Waals surface area contributed by atoms with Gasteiger partial charge in [0, 0.05) is 27.2 Å². The van der Waals surface area contributed by atoms with Gasteiger partial charge in [-0.2, -0.15) is 0 Å². The number of guanidine groups is 1. The quantitative estimate of drug-likeness (QED) is 0.259. The molecule has 0 aliphatic carbocycles. The van der Waals surface area contributed by atoms with Crippen LogP contribution >= 0.6 is 24.0 Å². The number of nitrogens with one attached hydrogen (secondary N) is 3. The molecule has 7 heteroatoms. The lowest BCUT2D eigenvalue weighted by Gasteiger charge is -2.21. The number of hydrogen-bond donors (Lipinski definition) is 3. The van der Waals surface area contributed by atoms with Crippen LogP contribution in [-0.2, 0) is 9.53 Å². The van der Waals surface area contributed by atoms with Crippen molar-refractivity contribution in [2.45, 2.75) is 20.8 Å². The molecule has 0 radical (unpaired) electrons. The van der Waals surface area contributed by atoms with Crippen LogP contribution in [0.1, 0.15) is 20.8 Å². The Balaban J connectivity index is 0. The molecule has 0 rings (SSSR count). The number of amides is 1. The van der Waals surface area contributed by atoms with Gasteiger partial charge in [-0.1, -0.05) is 0 Å². The number of nitrogens with zero attached hydrogens (tertiary/aromatic N) is 1. The molecule has 0 aliphatic heterocycles. The van der Waals surface area contributed by atoms with Crippen LogP contribution in [0.15, 0.2) is 4.99 Å². The van der Waals surface area contributed by atoms with E-state index in [1.165, 1.54) is 0 Å². The minimum Gasteiger partial charge on any atom is -0.383 e. The van der Waals surface area contributed by atoms with Crippen molar-refractivity contribution in [1.82, 2.24) is 16.0 Å². The zero-order valence-electron chi connectivity index (χ0n) is 12.5. The van der Waals surface area contributed by atoms with Gasteiger partial charge in [-0.25, -0.2) is 0 Å². The molecule has 3 N–H and O–H groups in total. The van der Waals surface area contributed by atoms with Gasteiger partial charge >= 0.3 is 0 Å². The third-order valence-corrected chi connectivity index (χ3v) is 2.42. The summed E-state index contributed by atoms with van der Waals surface area (Å²) in [5.74, 6) is 0.686. The third kappa shape index (κ3) is 9.04. The molecule has 0 atom stereocenters. The van der Waals surface area contributed by atoms with Crippen LogP contribution in [-0.4, -0.2) is 52.3 Å². The Hall–Kier alpha value is -0.570. The summed E-state index contributed by atoms with van der Waals surface area (Å²) >= 11 is 0. The summed E-state index contributed by atoms with van der Waals surface area (Å²) in [7, 11) is 3.29. The van der Waals surface area contributed by atoms with Gasteiger partial charge in [-0.05, 0) is 20.8 Å². The molecule has 0 fully saturated rings. The number of aliphatic imine (C=N–C) groups is 1. The smallest absolute Gasteiger partial charge is 0.227 e. The van der Waals surface area contributed by atoms with Gasteiger partial charge in [0.15, 0.2) is 5.96 Å². The highest BCUT2D eigenvalue weighted by Gasteiger charge is 2.26. The van der Waals surface area contributed by atoms with Gasteiger partial charge in [0.1, 0.15) is 0 Å². The lowest BCUT2D eigenvalue weighted by molar-refractivity contribution is -0.128. The highest BCUT2D eigenvalue weighted by atomic mass is 127. The van der Waals surface area contributed by atoms with Crippen molar-refractivity contribution in [2.75, 3.05) is 40.4 Å². The van der Waals surface area contributed by atoms with Gasteiger partial charge in [-0.3, -0.25) is 9.79 Å². The van der Waals surface area contributed by atoms with E-state index in [0.717, 1.165) is 6.54 Å². The molecule has 0 saturated heterocycles. The highest BCUT2D eigenvalue weighted by molar-refractivity contribution is 14.0. The Morgan fingerprint density at radius 2 is 1.95 bits per heavy atom. The predicted molar refractivity (Wildman–Crippen MR) is 89.1 cm³/mol. The molecule has 0 aliphatic rings. The summed E-state index contributed by atoms with van der Waals surface area (Å²) in [4.78, 5) is 16.0. The summed E-state index contributed by atoms with van der Waals surface area (Å²) in [5.41, 5.74) is -0.516. The molecule has 0 aromatic rings. The second-order valence-corrected chi connectivity index (χ2v) is 4.58. The number of carbonyl (C=O) groups excluding carboxylic acids is 1. The van der Waals surface area contributed by atoms with E-state index in [0.29, 0.717) is 25.7 Å². The van der Waals surface area contributed by atoms with E-state index < -0.39 is 5.41 Å². The molecule has 0 heterocycles. The Morgan fingerprint density at radius 1 is 1.32 bits per heavy atom. The zero-order chi connectivity index (χ0) is 14.0. The van der Waals surface area contributed by atoms with E-state index in [1.807, 2.05) is 20.8 Å².